The lowest BCUT2D eigenvalue weighted by atomic mass is 10.1. The smallest absolute Gasteiger partial charge is 0.410 e. The van der Waals surface area contributed by atoms with Gasteiger partial charge in [0.15, 0.2) is 10.8 Å². The van der Waals surface area contributed by atoms with Crippen LogP contribution in [0, 0.1) is 11.6 Å². The van der Waals surface area contributed by atoms with Crippen LogP contribution in [0.5, 0.6) is 0 Å². The molecular weight excluding hydrogens is 624 g/mol. The third kappa shape index (κ3) is 6.05. The summed E-state index contributed by atoms with van der Waals surface area (Å²) in [7, 11) is 0. The number of carbonyl (C=O) groups excluding carboxylic acids is 1. The highest BCUT2D eigenvalue weighted by Gasteiger charge is 2.38. The molecule has 10 nitrogen and oxygen atoms in total. The fraction of sp³-hybridized carbons (Fsp3) is 0.471. The highest BCUT2D eigenvalue weighted by molar-refractivity contribution is 7.98. The van der Waals surface area contributed by atoms with Gasteiger partial charge in [0.1, 0.15) is 28.7 Å². The first-order chi connectivity index (χ1) is 22.4. The summed E-state index contributed by atoms with van der Waals surface area (Å²) in [5.41, 5.74) is 0.791. The molecule has 1 aliphatic heterocycles. The molecule has 1 amide bonds. The Morgan fingerprint density at radius 2 is 1.62 bits per heavy atom. The number of hydrogen-bond donors (Lipinski definition) is 0. The fourth-order valence-electron chi connectivity index (χ4n) is 6.20. The van der Waals surface area contributed by atoms with Gasteiger partial charge in [0, 0.05) is 43.1 Å². The molecule has 7 rings (SSSR count). The second kappa shape index (κ2) is 11.8. The molecule has 0 unspecified atom stereocenters. The zero-order valence-electron chi connectivity index (χ0n) is 27.1. The van der Waals surface area contributed by atoms with Crippen molar-refractivity contribution in [2.45, 2.75) is 82.0 Å². The summed E-state index contributed by atoms with van der Waals surface area (Å²) in [5.74, 6) is -0.796. The SMILES string of the molecule is CSc1nc(C2CC2)c(-n2c(=O)nc(N3CCN(C(=O)OC(C)(C)C)C[C@@H]3C)c3cc(F)c(-c4ccccc4F)nc32)c(C2CC2)n1. The number of amides is 1. The number of fused-ring (bicyclic) bond motifs is 1. The first kappa shape index (κ1) is 31.5. The lowest BCUT2D eigenvalue weighted by Gasteiger charge is -2.41. The number of halogens is 2. The lowest BCUT2D eigenvalue weighted by Crippen LogP contribution is -2.55. The van der Waals surface area contributed by atoms with E-state index in [-0.39, 0.29) is 40.6 Å². The van der Waals surface area contributed by atoms with Gasteiger partial charge in [0.25, 0.3) is 0 Å². The number of piperazine rings is 1. The van der Waals surface area contributed by atoms with Crippen LogP contribution in [0.15, 0.2) is 40.3 Å². The third-order valence-corrected chi connectivity index (χ3v) is 9.28. The molecule has 3 fully saturated rings. The Balaban J connectivity index is 1.43. The molecule has 0 radical (unpaired) electrons. The van der Waals surface area contributed by atoms with Crippen molar-refractivity contribution in [3.05, 3.63) is 63.8 Å². The van der Waals surface area contributed by atoms with Crippen LogP contribution in [0.2, 0.25) is 0 Å². The second-order valence-corrected chi connectivity index (χ2v) is 14.3. The second-order valence-electron chi connectivity index (χ2n) is 13.6. The van der Waals surface area contributed by atoms with E-state index in [1.54, 1.807) is 11.0 Å². The van der Waals surface area contributed by atoms with Crippen molar-refractivity contribution < 1.29 is 18.3 Å². The van der Waals surface area contributed by atoms with E-state index in [0.29, 0.717) is 35.9 Å². The van der Waals surface area contributed by atoms with Crippen molar-refractivity contribution >= 4 is 34.7 Å². The molecule has 1 aromatic carbocycles. The summed E-state index contributed by atoms with van der Waals surface area (Å²) in [6, 6.07) is 6.87. The topological polar surface area (TPSA) is 106 Å². The Bertz CT molecular complexity index is 1920. The highest BCUT2D eigenvalue weighted by Crippen LogP contribution is 2.48. The van der Waals surface area contributed by atoms with E-state index in [9.17, 15) is 9.59 Å². The normalized spacial score (nSPS) is 18.6. The maximum atomic E-state index is 16.1. The third-order valence-electron chi connectivity index (χ3n) is 8.73. The maximum Gasteiger partial charge on any atom is 0.410 e. The van der Waals surface area contributed by atoms with Crippen LogP contribution in [-0.4, -0.2) is 73.0 Å². The van der Waals surface area contributed by atoms with E-state index < -0.39 is 29.0 Å². The number of hydrogen-bond acceptors (Lipinski definition) is 9. The monoisotopic (exact) mass is 661 g/mol. The molecule has 13 heteroatoms. The van der Waals surface area contributed by atoms with Crippen molar-refractivity contribution in [1.29, 1.82) is 0 Å². The molecule has 2 aliphatic carbocycles. The summed E-state index contributed by atoms with van der Waals surface area (Å²) in [4.78, 5) is 49.8. The van der Waals surface area contributed by atoms with Crippen LogP contribution >= 0.6 is 11.8 Å². The van der Waals surface area contributed by atoms with Gasteiger partial charge in [-0.1, -0.05) is 23.9 Å². The number of benzene rings is 1. The molecule has 4 aromatic rings. The molecule has 47 heavy (non-hydrogen) atoms. The largest absolute Gasteiger partial charge is 0.444 e. The number of aromatic nitrogens is 5. The Hall–Kier alpha value is -4.13. The Kier molecular flexibility index (Phi) is 7.92. The van der Waals surface area contributed by atoms with E-state index in [1.165, 1.54) is 40.6 Å². The molecule has 4 heterocycles. The molecule has 1 atom stereocenters. The minimum Gasteiger partial charge on any atom is -0.444 e. The summed E-state index contributed by atoms with van der Waals surface area (Å²) in [5, 5.41) is 0.944. The van der Waals surface area contributed by atoms with Crippen LogP contribution in [0.3, 0.4) is 0 Å². The van der Waals surface area contributed by atoms with Gasteiger partial charge in [-0.05, 0) is 77.8 Å². The standard InChI is InChI=1S/C34H37F2N7O3S/c1-18-17-41(33(45)46-34(2,3)4)14-15-42(18)29-22-16-24(36)27(21-8-6-7-9-23(21)35)37-30(22)43(32(44)40-29)28-25(19-10-11-19)38-31(47-5)39-26(28)20-12-13-20/h6-9,16,18-20H,10-15,17H2,1-5H3/t18-/m0/s1. The lowest BCUT2D eigenvalue weighted by molar-refractivity contribution is 0.0218. The number of ether oxygens (including phenoxy) is 1. The van der Waals surface area contributed by atoms with Gasteiger partial charge < -0.3 is 14.5 Å². The van der Waals surface area contributed by atoms with Crippen LogP contribution in [0.25, 0.3) is 28.0 Å². The summed E-state index contributed by atoms with van der Waals surface area (Å²) < 4.78 is 38.1. The van der Waals surface area contributed by atoms with Crippen LogP contribution in [0.4, 0.5) is 19.4 Å². The number of carbonyl (C=O) groups is 1. The number of thioether (sulfide) groups is 1. The van der Waals surface area contributed by atoms with E-state index in [2.05, 4.69) is 4.98 Å². The van der Waals surface area contributed by atoms with Crippen molar-refractivity contribution in [3.8, 4) is 16.9 Å². The average molecular weight is 662 g/mol. The molecule has 3 aromatic heterocycles. The van der Waals surface area contributed by atoms with Gasteiger partial charge in [0.2, 0.25) is 0 Å². The summed E-state index contributed by atoms with van der Waals surface area (Å²) >= 11 is 1.45. The molecule has 0 N–H and O–H groups in total. The van der Waals surface area contributed by atoms with Crippen molar-refractivity contribution in [2.24, 2.45) is 0 Å². The summed E-state index contributed by atoms with van der Waals surface area (Å²) in [6.07, 6.45) is 5.23. The van der Waals surface area contributed by atoms with E-state index in [1.807, 2.05) is 38.9 Å². The Morgan fingerprint density at radius 1 is 0.957 bits per heavy atom. The van der Waals surface area contributed by atoms with Gasteiger partial charge >= 0.3 is 11.8 Å². The fourth-order valence-corrected chi connectivity index (χ4v) is 6.58. The van der Waals surface area contributed by atoms with Crippen molar-refractivity contribution in [1.82, 2.24) is 29.4 Å². The van der Waals surface area contributed by atoms with E-state index >= 15 is 8.78 Å². The van der Waals surface area contributed by atoms with Crippen molar-refractivity contribution in [2.75, 3.05) is 30.8 Å². The average Bonchev–Trinajstić information content (AvgIpc) is 3.94. The van der Waals surface area contributed by atoms with Crippen LogP contribution in [-0.2, 0) is 4.74 Å². The Labute approximate surface area is 275 Å². The maximum absolute atomic E-state index is 16.1. The molecule has 2 saturated carbocycles. The first-order valence-corrected chi connectivity index (χ1v) is 17.2. The Morgan fingerprint density at radius 3 is 2.19 bits per heavy atom. The summed E-state index contributed by atoms with van der Waals surface area (Å²) in [6.45, 7) is 8.32. The van der Waals surface area contributed by atoms with Gasteiger partial charge in [-0.2, -0.15) is 4.98 Å². The predicted molar refractivity (Wildman–Crippen MR) is 176 cm³/mol. The molecule has 0 spiro atoms. The molecule has 246 valence electrons. The zero-order chi connectivity index (χ0) is 33.2. The number of pyridine rings is 1. The zero-order valence-corrected chi connectivity index (χ0v) is 27.9. The number of nitrogens with zero attached hydrogens (tertiary/aromatic N) is 7. The molecule has 1 saturated heterocycles. The predicted octanol–water partition coefficient (Wildman–Crippen LogP) is 6.44. The highest BCUT2D eigenvalue weighted by atomic mass is 32.2. The molecule has 0 bridgehead atoms. The molecule has 3 aliphatic rings. The van der Waals surface area contributed by atoms with Gasteiger partial charge in [0.05, 0.1) is 22.5 Å². The van der Waals surface area contributed by atoms with Crippen molar-refractivity contribution in [3.63, 3.8) is 0 Å². The molecular formula is C34H37F2N7O3S. The van der Waals surface area contributed by atoms with Gasteiger partial charge in [-0.3, -0.25) is 0 Å². The van der Waals surface area contributed by atoms with E-state index in [0.717, 1.165) is 37.1 Å². The van der Waals surface area contributed by atoms with Crippen LogP contribution in [0.1, 0.15) is 76.6 Å². The minimum absolute atomic E-state index is 0.0117. The van der Waals surface area contributed by atoms with E-state index in [4.69, 9.17) is 19.7 Å². The quantitative estimate of drug-likeness (QED) is 0.171. The minimum atomic E-state index is -0.741. The first-order valence-electron chi connectivity index (χ1n) is 16.0. The van der Waals surface area contributed by atoms with Crippen LogP contribution < -0.4 is 10.6 Å². The van der Waals surface area contributed by atoms with Gasteiger partial charge in [-0.25, -0.2) is 37.9 Å². The van der Waals surface area contributed by atoms with Gasteiger partial charge in [-0.15, -0.1) is 0 Å². The number of rotatable bonds is 6. The number of anilines is 1.